The molecule has 0 aromatic rings. The Morgan fingerprint density at radius 2 is 0.846 bits per heavy atom. The largest absolute Gasteiger partial charge is 0.472 e. The van der Waals surface area contributed by atoms with Gasteiger partial charge in [0.2, 0.25) is 0 Å². The molecule has 22 heteroatoms. The first-order valence-corrected chi connectivity index (χ1v) is 28.5. The quantitative estimate of drug-likeness (QED) is 0.0123. The Bertz CT molecular complexity index is 1420. The predicted octanol–water partition coefficient (Wildman–Crippen LogP) is 8.51. The number of carbonyl (C=O) groups excluding carboxylic acids is 2. The predicted molar refractivity (Wildman–Crippen MR) is 243 cm³/mol. The second-order valence-corrected chi connectivity index (χ2v) is 20.8. The van der Waals surface area contributed by atoms with Crippen molar-refractivity contribution in [3.8, 4) is 0 Å². The minimum Gasteiger partial charge on any atom is -0.462 e. The number of allylic oxidation sites excluding steroid dienone is 2. The van der Waals surface area contributed by atoms with E-state index in [-0.39, 0.29) is 12.8 Å². The minimum absolute atomic E-state index is 0.00308. The highest BCUT2D eigenvalue weighted by Crippen LogP contribution is 2.51. The molecule has 0 spiro atoms. The van der Waals surface area contributed by atoms with Crippen LogP contribution in [-0.4, -0.2) is 108 Å². The molecule has 1 fully saturated rings. The van der Waals surface area contributed by atoms with Gasteiger partial charge in [-0.1, -0.05) is 154 Å². The maximum Gasteiger partial charge on any atom is 0.472 e. The summed E-state index contributed by atoms with van der Waals surface area (Å²) in [6.45, 7) is 2.93. The number of aliphatic hydroxyl groups excluding tert-OH is 3. The first-order valence-electron chi connectivity index (χ1n) is 24.0. The van der Waals surface area contributed by atoms with Crippen LogP contribution in [0.2, 0.25) is 0 Å². The van der Waals surface area contributed by atoms with E-state index >= 15 is 0 Å². The maximum absolute atomic E-state index is 13.1. The van der Waals surface area contributed by atoms with Gasteiger partial charge >= 0.3 is 35.4 Å². The summed E-state index contributed by atoms with van der Waals surface area (Å²) in [5, 5.41) is 31.9. The normalized spacial score (nSPS) is 21.9. The second kappa shape index (κ2) is 35.9. The molecule has 0 amide bonds. The van der Waals surface area contributed by atoms with Crippen molar-refractivity contribution in [2.24, 2.45) is 0 Å². The first kappa shape index (κ1) is 61.9. The summed E-state index contributed by atoms with van der Waals surface area (Å²) in [5.74, 6) is -1.29. The van der Waals surface area contributed by atoms with E-state index in [2.05, 4.69) is 35.0 Å². The minimum atomic E-state index is -5.60. The maximum atomic E-state index is 13.1. The average molecular weight is 997 g/mol. The van der Waals surface area contributed by atoms with Crippen molar-refractivity contribution < 1.29 is 90.6 Å². The Kier molecular flexibility index (Phi) is 34.2. The molecule has 8 unspecified atom stereocenters. The molecule has 1 rings (SSSR count). The highest BCUT2D eigenvalue weighted by atomic mass is 31.2. The molecule has 1 saturated carbocycles. The molecule has 0 aromatic carbocycles. The monoisotopic (exact) mass is 996 g/mol. The molecule has 0 bridgehead atoms. The van der Waals surface area contributed by atoms with Gasteiger partial charge in [0.05, 0.1) is 6.61 Å². The van der Waals surface area contributed by atoms with Gasteiger partial charge in [-0.25, -0.2) is 13.7 Å². The van der Waals surface area contributed by atoms with Crippen molar-refractivity contribution in [2.75, 3.05) is 13.2 Å². The Morgan fingerprint density at radius 3 is 1.29 bits per heavy atom. The fraction of sp³-hybridized carbons (Fsp3) is 0.907. The van der Waals surface area contributed by atoms with Crippen molar-refractivity contribution >= 4 is 35.4 Å². The zero-order valence-electron chi connectivity index (χ0n) is 38.8. The number of hydrogen-bond donors (Lipinski definition) is 8. The number of hydrogen-bond acceptors (Lipinski definition) is 14. The molecule has 0 aromatic heterocycles. The number of carbonyl (C=O) groups is 2. The number of esters is 2. The van der Waals surface area contributed by atoms with Gasteiger partial charge in [0.15, 0.2) is 6.10 Å². The number of phosphoric ester groups is 3. The fourth-order valence-corrected chi connectivity index (χ4v) is 9.56. The Hall–Kier alpha value is -1.11. The highest BCUT2D eigenvalue weighted by Gasteiger charge is 2.56. The topological polar surface area (TPSA) is 303 Å². The van der Waals surface area contributed by atoms with Crippen LogP contribution < -0.4 is 0 Å². The molecule has 1 aliphatic carbocycles. The molecule has 0 aliphatic heterocycles. The van der Waals surface area contributed by atoms with Crippen LogP contribution in [0.5, 0.6) is 0 Å². The molecule has 1 aliphatic rings. The fourth-order valence-electron chi connectivity index (χ4n) is 7.46. The van der Waals surface area contributed by atoms with Crippen LogP contribution in [0.25, 0.3) is 0 Å². The molecule has 0 saturated heterocycles. The number of ether oxygens (including phenoxy) is 2. The number of unbranched alkanes of at least 4 members (excludes halogenated alkanes) is 23. The average Bonchev–Trinajstić information content (AvgIpc) is 3.23. The van der Waals surface area contributed by atoms with Crippen LogP contribution >= 0.6 is 23.5 Å². The van der Waals surface area contributed by atoms with Crippen molar-refractivity contribution in [1.29, 1.82) is 0 Å². The zero-order chi connectivity index (χ0) is 48.6. The van der Waals surface area contributed by atoms with Gasteiger partial charge < -0.3 is 49.3 Å². The number of aliphatic hydroxyl groups is 3. The van der Waals surface area contributed by atoms with Gasteiger partial charge in [-0.2, -0.15) is 0 Å². The number of phosphoric acid groups is 3. The van der Waals surface area contributed by atoms with Crippen LogP contribution in [0.15, 0.2) is 12.2 Å². The van der Waals surface area contributed by atoms with E-state index < -0.39 is 91.3 Å². The smallest absolute Gasteiger partial charge is 0.462 e. The van der Waals surface area contributed by atoms with Crippen LogP contribution in [0.1, 0.15) is 194 Å². The van der Waals surface area contributed by atoms with Crippen molar-refractivity contribution in [2.45, 2.75) is 236 Å². The summed E-state index contributed by atoms with van der Waals surface area (Å²) in [5.41, 5.74) is 0. The van der Waals surface area contributed by atoms with E-state index in [0.717, 1.165) is 77.0 Å². The molecular weight excluding hydrogens is 913 g/mol. The zero-order valence-corrected chi connectivity index (χ0v) is 41.5. The molecule has 384 valence electrons. The van der Waals surface area contributed by atoms with E-state index in [9.17, 15) is 63.1 Å². The van der Waals surface area contributed by atoms with Gasteiger partial charge in [0, 0.05) is 12.8 Å². The van der Waals surface area contributed by atoms with Gasteiger partial charge in [0.25, 0.3) is 0 Å². The lowest BCUT2D eigenvalue weighted by Crippen LogP contribution is -2.65. The van der Waals surface area contributed by atoms with Crippen LogP contribution in [0, 0.1) is 0 Å². The summed E-state index contributed by atoms with van der Waals surface area (Å²) in [6, 6.07) is 0. The molecule has 19 nitrogen and oxygen atoms in total. The van der Waals surface area contributed by atoms with Crippen LogP contribution in [-0.2, 0) is 50.9 Å². The Labute approximate surface area is 386 Å². The summed E-state index contributed by atoms with van der Waals surface area (Å²) in [6.07, 6.45) is 16.6. The van der Waals surface area contributed by atoms with Crippen molar-refractivity contribution in [3.63, 3.8) is 0 Å². The summed E-state index contributed by atoms with van der Waals surface area (Å²) in [4.78, 5) is 73.2. The van der Waals surface area contributed by atoms with Gasteiger partial charge in [0.1, 0.15) is 43.2 Å². The summed E-state index contributed by atoms with van der Waals surface area (Å²) in [7, 11) is -16.6. The molecule has 65 heavy (non-hydrogen) atoms. The Morgan fingerprint density at radius 1 is 0.477 bits per heavy atom. The van der Waals surface area contributed by atoms with Crippen molar-refractivity contribution in [1.82, 2.24) is 0 Å². The number of rotatable bonds is 41. The van der Waals surface area contributed by atoms with Crippen molar-refractivity contribution in [3.05, 3.63) is 12.2 Å². The highest BCUT2D eigenvalue weighted by molar-refractivity contribution is 7.47. The third-order valence-corrected chi connectivity index (χ3v) is 13.1. The van der Waals surface area contributed by atoms with E-state index in [4.69, 9.17) is 18.5 Å². The molecular formula is C43H83O19P3. The molecule has 8 atom stereocenters. The SMILES string of the molecule is CCCCCCC=CCCCCCCCCCC(=O)OC(COC(=O)CCCCCCCCCCCCCCC)COP(=O)(O)OC1C(O)C(O)C(OP(=O)(O)O)C(OP(=O)(O)O)C1O. The van der Waals surface area contributed by atoms with Crippen LogP contribution in [0.4, 0.5) is 0 Å². The third kappa shape index (κ3) is 32.4. The summed E-state index contributed by atoms with van der Waals surface area (Å²) >= 11 is 0. The lowest BCUT2D eigenvalue weighted by molar-refractivity contribution is -0.213. The molecule has 0 radical (unpaired) electrons. The van der Waals surface area contributed by atoms with Gasteiger partial charge in [-0.15, -0.1) is 0 Å². The van der Waals surface area contributed by atoms with Gasteiger partial charge in [-0.3, -0.25) is 27.7 Å². The lowest BCUT2D eigenvalue weighted by Gasteiger charge is -2.44. The Balaban J connectivity index is 2.73. The lowest BCUT2D eigenvalue weighted by atomic mass is 9.85. The molecule has 0 heterocycles. The standard InChI is InChI=1S/C43H83O19P3/c1-3-5-7-9-11-13-15-17-18-20-22-24-26-28-30-32-37(45)59-35(33-57-36(44)31-29-27-25-23-21-19-16-14-12-10-8-6-4-2)34-58-65(55,56)62-41-38(46)39(47)42(60-63(49,50)51)43(40(41)48)61-64(52,53)54/h13,15,35,38-43,46-48H,3-12,14,16-34H2,1-2H3,(H,55,56)(H2,49,50,51)(H2,52,53,54). The molecule has 8 N–H and O–H groups in total. The van der Waals surface area contributed by atoms with E-state index in [1.807, 2.05) is 0 Å². The second-order valence-electron chi connectivity index (χ2n) is 17.0. The third-order valence-electron chi connectivity index (χ3n) is 11.1. The van der Waals surface area contributed by atoms with E-state index in [1.54, 1.807) is 0 Å². The van der Waals surface area contributed by atoms with Gasteiger partial charge in [-0.05, 0) is 38.5 Å². The van der Waals surface area contributed by atoms with Crippen LogP contribution in [0.3, 0.4) is 0 Å². The summed E-state index contributed by atoms with van der Waals surface area (Å²) < 4.78 is 65.4. The van der Waals surface area contributed by atoms with E-state index in [0.29, 0.717) is 12.8 Å². The van der Waals surface area contributed by atoms with E-state index in [1.165, 1.54) is 77.0 Å². The first-order chi connectivity index (χ1) is 30.8.